The lowest BCUT2D eigenvalue weighted by Gasteiger charge is -2.31. The first-order valence-corrected chi connectivity index (χ1v) is 8.79. The predicted molar refractivity (Wildman–Crippen MR) is 95.3 cm³/mol. The van der Waals surface area contributed by atoms with Gasteiger partial charge in [-0.1, -0.05) is 0 Å². The van der Waals surface area contributed by atoms with Crippen molar-refractivity contribution in [3.05, 3.63) is 54.0 Å². The number of likely N-dealkylation sites (tertiary alicyclic amines) is 1. The van der Waals surface area contributed by atoms with Crippen molar-refractivity contribution >= 4 is 23.4 Å². The van der Waals surface area contributed by atoms with E-state index >= 15 is 0 Å². The van der Waals surface area contributed by atoms with Gasteiger partial charge in [-0.2, -0.15) is 0 Å². The molecule has 0 unspecified atom stereocenters. The van der Waals surface area contributed by atoms with Crippen molar-refractivity contribution in [1.29, 1.82) is 0 Å². The summed E-state index contributed by atoms with van der Waals surface area (Å²) in [6.07, 6.45) is 4.20. The number of rotatable bonds is 4. The summed E-state index contributed by atoms with van der Waals surface area (Å²) >= 11 is 0. The predicted octanol–water partition coefficient (Wildman–Crippen LogP) is 2.16. The van der Waals surface area contributed by atoms with Gasteiger partial charge in [-0.25, -0.2) is 8.78 Å². The Balaban J connectivity index is 1.42. The minimum atomic E-state index is -1.03. The Labute approximate surface area is 159 Å². The fraction of sp³-hybridized carbons (Fsp3) is 0.316. The second kappa shape index (κ2) is 8.64. The van der Waals surface area contributed by atoms with Gasteiger partial charge in [-0.3, -0.25) is 14.4 Å². The minimum absolute atomic E-state index is 0.100. The molecule has 0 bridgehead atoms. The molecule has 0 spiro atoms. The molecule has 0 atom stereocenters. The van der Waals surface area contributed by atoms with E-state index in [4.69, 9.17) is 4.42 Å². The minimum Gasteiger partial charge on any atom is -0.472 e. The average Bonchev–Trinajstić information content (AvgIpc) is 3.23. The third-order valence-electron chi connectivity index (χ3n) is 4.61. The molecular formula is C19H19F2N3O4. The van der Waals surface area contributed by atoms with Gasteiger partial charge in [0.1, 0.15) is 17.9 Å². The van der Waals surface area contributed by atoms with Crippen molar-refractivity contribution < 1.29 is 27.6 Å². The Morgan fingerprint density at radius 3 is 2.50 bits per heavy atom. The molecule has 3 amide bonds. The van der Waals surface area contributed by atoms with E-state index in [1.54, 1.807) is 11.0 Å². The number of nitrogens with one attached hydrogen (secondary N) is 2. The van der Waals surface area contributed by atoms with Crippen LogP contribution in [0.1, 0.15) is 23.2 Å². The van der Waals surface area contributed by atoms with Crippen LogP contribution < -0.4 is 10.6 Å². The van der Waals surface area contributed by atoms with E-state index in [0.717, 1.165) is 12.1 Å². The molecule has 1 saturated heterocycles. The third-order valence-corrected chi connectivity index (χ3v) is 4.61. The van der Waals surface area contributed by atoms with Gasteiger partial charge in [-0.15, -0.1) is 0 Å². The highest BCUT2D eigenvalue weighted by Crippen LogP contribution is 2.19. The number of hydrogen-bond donors (Lipinski definition) is 2. The molecule has 7 nitrogen and oxygen atoms in total. The van der Waals surface area contributed by atoms with Crippen LogP contribution in [0.5, 0.6) is 0 Å². The van der Waals surface area contributed by atoms with Crippen molar-refractivity contribution in [3.8, 4) is 0 Å². The molecule has 0 radical (unpaired) electrons. The maximum absolute atomic E-state index is 13.5. The van der Waals surface area contributed by atoms with Crippen molar-refractivity contribution in [2.45, 2.75) is 12.8 Å². The molecule has 2 N–H and O–H groups in total. The summed E-state index contributed by atoms with van der Waals surface area (Å²) in [7, 11) is 0. The number of hydrogen-bond acceptors (Lipinski definition) is 4. The number of amides is 3. The third kappa shape index (κ3) is 4.73. The van der Waals surface area contributed by atoms with E-state index in [9.17, 15) is 23.2 Å². The number of carbonyl (C=O) groups excluding carboxylic acids is 3. The van der Waals surface area contributed by atoms with Gasteiger partial charge in [0.2, 0.25) is 0 Å². The molecule has 2 aromatic rings. The lowest BCUT2D eigenvalue weighted by atomic mass is 9.96. The Kier molecular flexibility index (Phi) is 6.03. The molecule has 1 aliphatic rings. The van der Waals surface area contributed by atoms with Crippen LogP contribution in [0.2, 0.25) is 0 Å². The first-order valence-electron chi connectivity index (χ1n) is 8.79. The number of piperidine rings is 1. The molecule has 148 valence electrons. The first-order chi connectivity index (χ1) is 13.4. The Morgan fingerprint density at radius 1 is 1.11 bits per heavy atom. The fourth-order valence-corrected chi connectivity index (χ4v) is 3.00. The van der Waals surface area contributed by atoms with Gasteiger partial charge in [0, 0.05) is 25.7 Å². The normalized spacial score (nSPS) is 14.6. The van der Waals surface area contributed by atoms with Gasteiger partial charge >= 0.3 is 11.8 Å². The molecule has 0 saturated carbocycles. The standard InChI is InChI=1S/C19H19F2N3O4/c20-14-1-2-16(15(21)9-14)23-18(26)17(25)22-10-12-3-6-24(7-4-12)19(27)13-5-8-28-11-13/h1-2,5,8-9,11-12H,3-4,6-7,10H2,(H,22,25)(H,23,26). The van der Waals surface area contributed by atoms with Crippen LogP contribution in [0.4, 0.5) is 14.5 Å². The number of benzene rings is 1. The Bertz CT molecular complexity index is 862. The first kappa shape index (κ1) is 19.5. The molecule has 9 heteroatoms. The number of furan rings is 1. The summed E-state index contributed by atoms with van der Waals surface area (Å²) in [5.74, 6) is -3.66. The topological polar surface area (TPSA) is 91.7 Å². The molecule has 3 rings (SSSR count). The van der Waals surface area contributed by atoms with Crippen molar-refractivity contribution in [3.63, 3.8) is 0 Å². The zero-order valence-electron chi connectivity index (χ0n) is 14.9. The second-order valence-electron chi connectivity index (χ2n) is 6.54. The molecule has 1 aromatic heterocycles. The van der Waals surface area contributed by atoms with E-state index < -0.39 is 23.4 Å². The number of halogens is 2. The second-order valence-corrected chi connectivity index (χ2v) is 6.54. The molecule has 1 fully saturated rings. The zero-order valence-corrected chi connectivity index (χ0v) is 14.9. The van der Waals surface area contributed by atoms with E-state index in [1.165, 1.54) is 12.5 Å². The monoisotopic (exact) mass is 391 g/mol. The van der Waals surface area contributed by atoms with Crippen LogP contribution in [0.25, 0.3) is 0 Å². The quantitative estimate of drug-likeness (QED) is 0.782. The van der Waals surface area contributed by atoms with E-state index in [-0.39, 0.29) is 24.1 Å². The van der Waals surface area contributed by atoms with Crippen LogP contribution in [0.15, 0.2) is 41.2 Å². The maximum atomic E-state index is 13.5. The average molecular weight is 391 g/mol. The summed E-state index contributed by atoms with van der Waals surface area (Å²) in [6.45, 7) is 1.35. The lowest BCUT2D eigenvalue weighted by Crippen LogP contribution is -2.43. The number of nitrogens with zero attached hydrogens (tertiary/aromatic N) is 1. The SMILES string of the molecule is O=C(NCC1CCN(C(=O)c2ccoc2)CC1)C(=O)Nc1ccc(F)cc1F. The molecule has 28 heavy (non-hydrogen) atoms. The van der Waals surface area contributed by atoms with Crippen LogP contribution in [-0.4, -0.2) is 42.3 Å². The number of anilines is 1. The van der Waals surface area contributed by atoms with Crippen LogP contribution in [-0.2, 0) is 9.59 Å². The summed E-state index contributed by atoms with van der Waals surface area (Å²) in [5.41, 5.74) is 0.226. The Morgan fingerprint density at radius 2 is 1.86 bits per heavy atom. The molecule has 2 heterocycles. The lowest BCUT2D eigenvalue weighted by molar-refractivity contribution is -0.136. The van der Waals surface area contributed by atoms with E-state index in [2.05, 4.69) is 10.6 Å². The number of carbonyl (C=O) groups is 3. The summed E-state index contributed by atoms with van der Waals surface area (Å²) in [5, 5.41) is 4.62. The Hall–Kier alpha value is -3.23. The van der Waals surface area contributed by atoms with Crippen LogP contribution >= 0.6 is 0 Å². The van der Waals surface area contributed by atoms with Crippen molar-refractivity contribution in [2.24, 2.45) is 5.92 Å². The largest absolute Gasteiger partial charge is 0.472 e. The highest BCUT2D eigenvalue weighted by Gasteiger charge is 2.25. The molecule has 1 aromatic carbocycles. The van der Waals surface area contributed by atoms with E-state index in [0.29, 0.717) is 37.6 Å². The van der Waals surface area contributed by atoms with E-state index in [1.807, 2.05) is 0 Å². The van der Waals surface area contributed by atoms with Gasteiger partial charge in [0.15, 0.2) is 0 Å². The van der Waals surface area contributed by atoms with Gasteiger partial charge in [-0.05, 0) is 37.0 Å². The van der Waals surface area contributed by atoms with Gasteiger partial charge < -0.3 is 20.0 Å². The van der Waals surface area contributed by atoms with Crippen molar-refractivity contribution in [1.82, 2.24) is 10.2 Å². The summed E-state index contributed by atoms with van der Waals surface area (Å²) < 4.78 is 31.3. The van der Waals surface area contributed by atoms with Crippen LogP contribution in [0.3, 0.4) is 0 Å². The molecule has 1 aliphatic heterocycles. The fourth-order valence-electron chi connectivity index (χ4n) is 3.00. The molecule has 0 aliphatic carbocycles. The highest BCUT2D eigenvalue weighted by molar-refractivity contribution is 6.39. The van der Waals surface area contributed by atoms with Gasteiger partial charge in [0.25, 0.3) is 5.91 Å². The van der Waals surface area contributed by atoms with Crippen LogP contribution in [0, 0.1) is 17.6 Å². The smallest absolute Gasteiger partial charge is 0.313 e. The maximum Gasteiger partial charge on any atom is 0.313 e. The van der Waals surface area contributed by atoms with Gasteiger partial charge in [0.05, 0.1) is 17.5 Å². The zero-order chi connectivity index (χ0) is 20.1. The summed E-state index contributed by atoms with van der Waals surface area (Å²) in [4.78, 5) is 37.7. The summed E-state index contributed by atoms with van der Waals surface area (Å²) in [6, 6.07) is 4.25. The van der Waals surface area contributed by atoms with Crippen molar-refractivity contribution in [2.75, 3.05) is 25.0 Å². The molecular weight excluding hydrogens is 372 g/mol. The highest BCUT2D eigenvalue weighted by atomic mass is 19.1.